The summed E-state index contributed by atoms with van der Waals surface area (Å²) in [6, 6.07) is 8.41. The molecular formula is C16H20O2S. The number of aliphatic hydroxyl groups excluding tert-OH is 1. The van der Waals surface area contributed by atoms with E-state index in [-0.39, 0.29) is 12.2 Å². The summed E-state index contributed by atoms with van der Waals surface area (Å²) in [6.07, 6.45) is 4.98. The van der Waals surface area contributed by atoms with E-state index in [1.54, 1.807) is 11.3 Å². The van der Waals surface area contributed by atoms with Gasteiger partial charge in [0.2, 0.25) is 0 Å². The van der Waals surface area contributed by atoms with E-state index in [0.29, 0.717) is 0 Å². The number of hydrogen-bond acceptors (Lipinski definition) is 3. The van der Waals surface area contributed by atoms with Gasteiger partial charge in [-0.05, 0) is 54.5 Å². The van der Waals surface area contributed by atoms with E-state index in [2.05, 4.69) is 29.6 Å². The van der Waals surface area contributed by atoms with Crippen LogP contribution in [0.25, 0.3) is 10.1 Å². The highest BCUT2D eigenvalue weighted by atomic mass is 32.1. The average molecular weight is 276 g/mol. The second-order valence-electron chi connectivity index (χ2n) is 5.34. The van der Waals surface area contributed by atoms with Gasteiger partial charge in [0.15, 0.2) is 0 Å². The SMILES string of the molecule is OC(Cc1csc2ccccc12)CC1CCCCO1. The van der Waals surface area contributed by atoms with Crippen molar-refractivity contribution in [3.63, 3.8) is 0 Å². The number of rotatable bonds is 4. The summed E-state index contributed by atoms with van der Waals surface area (Å²) in [4.78, 5) is 0. The zero-order chi connectivity index (χ0) is 13.1. The highest BCUT2D eigenvalue weighted by Crippen LogP contribution is 2.27. The Hall–Kier alpha value is -0.900. The minimum absolute atomic E-state index is 0.258. The van der Waals surface area contributed by atoms with Crippen LogP contribution in [0.5, 0.6) is 0 Å². The first kappa shape index (κ1) is 13.1. The molecule has 102 valence electrons. The van der Waals surface area contributed by atoms with Crippen LogP contribution in [-0.4, -0.2) is 23.9 Å². The Morgan fingerprint density at radius 2 is 2.21 bits per heavy atom. The molecule has 0 amide bonds. The van der Waals surface area contributed by atoms with Crippen LogP contribution in [0.4, 0.5) is 0 Å². The molecule has 0 bridgehead atoms. The van der Waals surface area contributed by atoms with Crippen molar-refractivity contribution in [1.29, 1.82) is 0 Å². The minimum Gasteiger partial charge on any atom is -0.393 e. The maximum Gasteiger partial charge on any atom is 0.0605 e. The van der Waals surface area contributed by atoms with Gasteiger partial charge in [-0.25, -0.2) is 0 Å². The molecule has 2 heterocycles. The molecule has 19 heavy (non-hydrogen) atoms. The van der Waals surface area contributed by atoms with Crippen LogP contribution in [0, 0.1) is 0 Å². The largest absolute Gasteiger partial charge is 0.393 e. The number of fused-ring (bicyclic) bond motifs is 1. The Morgan fingerprint density at radius 1 is 1.32 bits per heavy atom. The minimum atomic E-state index is -0.291. The predicted molar refractivity (Wildman–Crippen MR) is 79.7 cm³/mol. The molecule has 2 aromatic rings. The third-order valence-corrected chi connectivity index (χ3v) is 4.84. The molecule has 0 aliphatic carbocycles. The first-order valence-corrected chi connectivity index (χ1v) is 7.95. The van der Waals surface area contributed by atoms with Gasteiger partial charge < -0.3 is 9.84 Å². The molecule has 0 spiro atoms. The van der Waals surface area contributed by atoms with Crippen LogP contribution in [0.1, 0.15) is 31.2 Å². The number of hydrogen-bond donors (Lipinski definition) is 1. The highest BCUT2D eigenvalue weighted by molar-refractivity contribution is 7.17. The Bertz CT molecular complexity index is 528. The third kappa shape index (κ3) is 3.16. The van der Waals surface area contributed by atoms with Crippen LogP contribution >= 0.6 is 11.3 Å². The lowest BCUT2D eigenvalue weighted by atomic mass is 9.99. The van der Waals surface area contributed by atoms with Gasteiger partial charge in [0.25, 0.3) is 0 Å². The van der Waals surface area contributed by atoms with E-state index >= 15 is 0 Å². The predicted octanol–water partition coefficient (Wildman–Crippen LogP) is 3.76. The van der Waals surface area contributed by atoms with Gasteiger partial charge in [-0.2, -0.15) is 0 Å². The summed E-state index contributed by atoms with van der Waals surface area (Å²) in [5, 5.41) is 13.7. The molecule has 2 nitrogen and oxygen atoms in total. The maximum absolute atomic E-state index is 10.3. The first-order valence-electron chi connectivity index (χ1n) is 7.07. The molecule has 2 unspecified atom stereocenters. The fraction of sp³-hybridized carbons (Fsp3) is 0.500. The summed E-state index contributed by atoms with van der Waals surface area (Å²) in [7, 11) is 0. The Balaban J connectivity index is 1.63. The zero-order valence-electron chi connectivity index (χ0n) is 11.0. The standard InChI is InChI=1S/C16H20O2S/c17-13(10-14-5-3-4-8-18-14)9-12-11-19-16-7-2-1-6-15(12)16/h1-2,6-7,11,13-14,17H,3-5,8-10H2. The summed E-state index contributed by atoms with van der Waals surface area (Å²) in [6.45, 7) is 0.860. The Labute approximate surface area is 118 Å². The monoisotopic (exact) mass is 276 g/mol. The molecular weight excluding hydrogens is 256 g/mol. The molecule has 1 N–H and O–H groups in total. The van der Waals surface area contributed by atoms with Crippen molar-refractivity contribution in [2.75, 3.05) is 6.61 Å². The average Bonchev–Trinajstić information content (AvgIpc) is 2.83. The van der Waals surface area contributed by atoms with Crippen molar-refractivity contribution in [1.82, 2.24) is 0 Å². The van der Waals surface area contributed by atoms with Gasteiger partial charge in [-0.1, -0.05) is 18.2 Å². The van der Waals surface area contributed by atoms with E-state index in [0.717, 1.165) is 25.9 Å². The van der Waals surface area contributed by atoms with Crippen molar-refractivity contribution in [2.24, 2.45) is 0 Å². The Morgan fingerprint density at radius 3 is 3.05 bits per heavy atom. The van der Waals surface area contributed by atoms with E-state index in [4.69, 9.17) is 4.74 Å². The maximum atomic E-state index is 10.3. The van der Waals surface area contributed by atoms with E-state index in [9.17, 15) is 5.11 Å². The molecule has 3 rings (SSSR count). The van der Waals surface area contributed by atoms with Crippen LogP contribution in [-0.2, 0) is 11.2 Å². The quantitative estimate of drug-likeness (QED) is 0.921. The highest BCUT2D eigenvalue weighted by Gasteiger charge is 2.19. The van der Waals surface area contributed by atoms with Crippen LogP contribution in [0.3, 0.4) is 0 Å². The zero-order valence-corrected chi connectivity index (χ0v) is 11.9. The molecule has 1 saturated heterocycles. The second-order valence-corrected chi connectivity index (χ2v) is 6.25. The topological polar surface area (TPSA) is 29.5 Å². The van der Waals surface area contributed by atoms with Crippen molar-refractivity contribution in [3.8, 4) is 0 Å². The van der Waals surface area contributed by atoms with Gasteiger partial charge in [0.05, 0.1) is 12.2 Å². The van der Waals surface area contributed by atoms with E-state index < -0.39 is 0 Å². The summed E-state index contributed by atoms with van der Waals surface area (Å²) < 4.78 is 7.00. The van der Waals surface area contributed by atoms with E-state index in [1.165, 1.54) is 28.5 Å². The molecule has 1 aromatic carbocycles. The summed E-state index contributed by atoms with van der Waals surface area (Å²) in [5.41, 5.74) is 1.27. The molecule has 0 saturated carbocycles. The second kappa shape index (κ2) is 6.04. The normalized spacial score (nSPS) is 21.6. The number of benzene rings is 1. The number of ether oxygens (including phenoxy) is 1. The van der Waals surface area contributed by atoms with Crippen LogP contribution in [0.2, 0.25) is 0 Å². The van der Waals surface area contributed by atoms with Crippen molar-refractivity contribution in [2.45, 2.75) is 44.3 Å². The number of aliphatic hydroxyl groups is 1. The van der Waals surface area contributed by atoms with Gasteiger partial charge in [0, 0.05) is 11.3 Å². The molecule has 1 aliphatic rings. The van der Waals surface area contributed by atoms with Crippen molar-refractivity contribution in [3.05, 3.63) is 35.2 Å². The van der Waals surface area contributed by atoms with E-state index in [1.807, 2.05) is 0 Å². The fourth-order valence-corrected chi connectivity index (χ4v) is 3.80. The molecule has 0 radical (unpaired) electrons. The molecule has 1 fully saturated rings. The van der Waals surface area contributed by atoms with Crippen molar-refractivity contribution >= 4 is 21.4 Å². The summed E-state index contributed by atoms with van der Waals surface area (Å²) in [5.74, 6) is 0. The molecule has 1 aromatic heterocycles. The lowest BCUT2D eigenvalue weighted by molar-refractivity contribution is -0.0147. The molecule has 3 heteroatoms. The Kier molecular flexibility index (Phi) is 4.16. The van der Waals surface area contributed by atoms with Gasteiger partial charge in [-0.3, -0.25) is 0 Å². The van der Waals surface area contributed by atoms with Gasteiger partial charge in [-0.15, -0.1) is 11.3 Å². The number of thiophene rings is 1. The smallest absolute Gasteiger partial charge is 0.0605 e. The molecule has 1 aliphatic heterocycles. The lowest BCUT2D eigenvalue weighted by Gasteiger charge is -2.24. The fourth-order valence-electron chi connectivity index (χ4n) is 2.82. The van der Waals surface area contributed by atoms with Gasteiger partial charge >= 0.3 is 0 Å². The van der Waals surface area contributed by atoms with Crippen LogP contribution in [0.15, 0.2) is 29.6 Å². The third-order valence-electron chi connectivity index (χ3n) is 3.83. The summed E-state index contributed by atoms with van der Waals surface area (Å²) >= 11 is 1.76. The molecule has 2 atom stereocenters. The van der Waals surface area contributed by atoms with Crippen molar-refractivity contribution < 1.29 is 9.84 Å². The lowest BCUT2D eigenvalue weighted by Crippen LogP contribution is -2.25. The van der Waals surface area contributed by atoms with Gasteiger partial charge in [0.1, 0.15) is 0 Å². The van der Waals surface area contributed by atoms with Crippen LogP contribution < -0.4 is 0 Å². The first-order chi connectivity index (χ1) is 9.33.